The topological polar surface area (TPSA) is 75.2 Å². The van der Waals surface area contributed by atoms with Crippen molar-refractivity contribution in [3.8, 4) is 0 Å². The number of nitrogens with one attached hydrogen (secondary N) is 2. The number of halogens is 2. The number of rotatable bonds is 5. The number of hydrogen-bond acceptors (Lipinski definition) is 4. The Labute approximate surface area is 176 Å². The van der Waals surface area contributed by atoms with Gasteiger partial charge >= 0.3 is 6.09 Å². The van der Waals surface area contributed by atoms with Crippen LogP contribution in [-0.2, 0) is 9.47 Å². The molecular formula is C18H28FIN4O3. The highest BCUT2D eigenvalue weighted by Crippen LogP contribution is 2.16. The molecule has 152 valence electrons. The second kappa shape index (κ2) is 12.0. The standard InChI is InChI=1S/C18H27FN4O3.HI/c1-20-17(22-15-8-10-23(11-9-15)18(24)26-3)21-12-16(25-2)13-4-6-14(19)7-5-13;/h4-7,15-16H,8-12H2,1-3H3,(H2,20,21,22);1H. The van der Waals surface area contributed by atoms with Crippen LogP contribution in [0.1, 0.15) is 24.5 Å². The monoisotopic (exact) mass is 494 g/mol. The number of aliphatic imine (C=N–C) groups is 1. The Bertz CT molecular complexity index is 607. The van der Waals surface area contributed by atoms with Gasteiger partial charge in [0.1, 0.15) is 5.82 Å². The molecule has 0 bridgehead atoms. The largest absolute Gasteiger partial charge is 0.453 e. The number of carbonyl (C=O) groups excluding carboxylic acids is 1. The number of carbonyl (C=O) groups is 1. The van der Waals surface area contributed by atoms with Crippen LogP contribution < -0.4 is 10.6 Å². The molecule has 0 radical (unpaired) electrons. The van der Waals surface area contributed by atoms with Crippen LogP contribution in [0, 0.1) is 5.82 Å². The number of nitrogens with zero attached hydrogens (tertiary/aromatic N) is 2. The molecule has 27 heavy (non-hydrogen) atoms. The molecule has 7 nitrogen and oxygen atoms in total. The van der Waals surface area contributed by atoms with Crippen molar-refractivity contribution in [2.45, 2.75) is 25.0 Å². The zero-order valence-corrected chi connectivity index (χ0v) is 18.2. The van der Waals surface area contributed by atoms with Gasteiger partial charge in [-0.1, -0.05) is 12.1 Å². The number of guanidine groups is 1. The van der Waals surface area contributed by atoms with Gasteiger partial charge in [-0.2, -0.15) is 0 Å². The highest BCUT2D eigenvalue weighted by atomic mass is 127. The van der Waals surface area contributed by atoms with Crippen LogP contribution in [0.4, 0.5) is 9.18 Å². The van der Waals surface area contributed by atoms with Crippen molar-refractivity contribution >= 4 is 36.0 Å². The average Bonchev–Trinajstić information content (AvgIpc) is 2.68. The molecule has 0 aliphatic carbocycles. The molecule has 2 rings (SSSR count). The van der Waals surface area contributed by atoms with E-state index in [4.69, 9.17) is 9.47 Å². The quantitative estimate of drug-likeness (QED) is 0.374. The van der Waals surface area contributed by atoms with Crippen molar-refractivity contribution < 1.29 is 18.7 Å². The van der Waals surface area contributed by atoms with E-state index < -0.39 is 0 Å². The summed E-state index contributed by atoms with van der Waals surface area (Å²) in [7, 11) is 4.72. The number of benzene rings is 1. The minimum Gasteiger partial charge on any atom is -0.453 e. The number of amides is 1. The maximum atomic E-state index is 13.1. The highest BCUT2D eigenvalue weighted by molar-refractivity contribution is 14.0. The molecule has 1 saturated heterocycles. The molecule has 1 aliphatic rings. The van der Waals surface area contributed by atoms with Crippen LogP contribution in [0.3, 0.4) is 0 Å². The van der Waals surface area contributed by atoms with Gasteiger partial charge in [0.2, 0.25) is 0 Å². The van der Waals surface area contributed by atoms with Crippen LogP contribution in [0.25, 0.3) is 0 Å². The summed E-state index contributed by atoms with van der Waals surface area (Å²) in [5.74, 6) is 0.401. The second-order valence-corrected chi connectivity index (χ2v) is 6.10. The Morgan fingerprint density at radius 1 is 1.30 bits per heavy atom. The van der Waals surface area contributed by atoms with E-state index >= 15 is 0 Å². The van der Waals surface area contributed by atoms with Crippen molar-refractivity contribution in [1.29, 1.82) is 0 Å². The molecular weight excluding hydrogens is 466 g/mol. The van der Waals surface area contributed by atoms with Gasteiger partial charge in [-0.3, -0.25) is 4.99 Å². The summed E-state index contributed by atoms with van der Waals surface area (Å²) in [6.45, 7) is 1.80. The van der Waals surface area contributed by atoms with Crippen molar-refractivity contribution in [2.24, 2.45) is 4.99 Å². The summed E-state index contributed by atoms with van der Waals surface area (Å²) in [6, 6.07) is 6.50. The molecule has 1 aromatic carbocycles. The SMILES string of the molecule is CN=C(NCC(OC)c1ccc(F)cc1)NC1CCN(C(=O)OC)CC1.I. The van der Waals surface area contributed by atoms with Crippen molar-refractivity contribution in [3.63, 3.8) is 0 Å². The number of methoxy groups -OCH3 is 2. The summed E-state index contributed by atoms with van der Waals surface area (Å²) in [5, 5.41) is 6.61. The van der Waals surface area contributed by atoms with Gasteiger partial charge in [-0.15, -0.1) is 24.0 Å². The van der Waals surface area contributed by atoms with Gasteiger partial charge < -0.3 is 25.0 Å². The van der Waals surface area contributed by atoms with Crippen molar-refractivity contribution in [3.05, 3.63) is 35.6 Å². The first kappa shape index (κ1) is 23.4. The lowest BCUT2D eigenvalue weighted by atomic mass is 10.1. The van der Waals surface area contributed by atoms with E-state index in [1.165, 1.54) is 19.2 Å². The van der Waals surface area contributed by atoms with E-state index in [1.807, 2.05) is 0 Å². The molecule has 1 aliphatic heterocycles. The molecule has 0 aromatic heterocycles. The Hall–Kier alpha value is -1.62. The zero-order valence-electron chi connectivity index (χ0n) is 15.9. The van der Waals surface area contributed by atoms with Gasteiger partial charge in [0.15, 0.2) is 5.96 Å². The highest BCUT2D eigenvalue weighted by Gasteiger charge is 2.23. The van der Waals surface area contributed by atoms with Crippen LogP contribution in [0.5, 0.6) is 0 Å². The number of likely N-dealkylation sites (tertiary alicyclic amines) is 1. The smallest absolute Gasteiger partial charge is 0.409 e. The Balaban J connectivity index is 0.00000364. The Morgan fingerprint density at radius 2 is 1.93 bits per heavy atom. The second-order valence-electron chi connectivity index (χ2n) is 6.10. The molecule has 0 saturated carbocycles. The molecule has 1 heterocycles. The van der Waals surface area contributed by atoms with E-state index in [9.17, 15) is 9.18 Å². The van der Waals surface area contributed by atoms with E-state index in [-0.39, 0.29) is 48.0 Å². The number of hydrogen-bond donors (Lipinski definition) is 2. The first-order valence-corrected chi connectivity index (χ1v) is 8.65. The van der Waals surface area contributed by atoms with Crippen LogP contribution in [0.2, 0.25) is 0 Å². The summed E-state index contributed by atoms with van der Waals surface area (Å²) < 4.78 is 23.3. The minimum absolute atomic E-state index is 0. The van der Waals surface area contributed by atoms with Gasteiger partial charge in [0.05, 0.1) is 13.2 Å². The molecule has 0 spiro atoms. The molecule has 2 N–H and O–H groups in total. The van der Waals surface area contributed by atoms with Gasteiger partial charge in [-0.05, 0) is 30.5 Å². The summed E-state index contributed by atoms with van der Waals surface area (Å²) in [6.07, 6.45) is 1.15. The van der Waals surface area contributed by atoms with Crippen LogP contribution >= 0.6 is 24.0 Å². The third kappa shape index (κ3) is 7.13. The van der Waals surface area contributed by atoms with Crippen molar-refractivity contribution in [1.82, 2.24) is 15.5 Å². The Kier molecular flexibility index (Phi) is 10.4. The fourth-order valence-electron chi connectivity index (χ4n) is 2.93. The lowest BCUT2D eigenvalue weighted by molar-refractivity contribution is 0.105. The fourth-order valence-corrected chi connectivity index (χ4v) is 2.93. The maximum Gasteiger partial charge on any atom is 0.409 e. The van der Waals surface area contributed by atoms with E-state index in [2.05, 4.69) is 15.6 Å². The van der Waals surface area contributed by atoms with E-state index in [0.717, 1.165) is 18.4 Å². The minimum atomic E-state index is -0.284. The third-order valence-corrected chi connectivity index (χ3v) is 4.47. The first-order chi connectivity index (χ1) is 12.6. The molecule has 1 atom stereocenters. The fraction of sp³-hybridized carbons (Fsp3) is 0.556. The van der Waals surface area contributed by atoms with E-state index in [1.54, 1.807) is 31.2 Å². The maximum absolute atomic E-state index is 13.1. The number of piperidine rings is 1. The van der Waals surface area contributed by atoms with Gasteiger partial charge in [0.25, 0.3) is 0 Å². The summed E-state index contributed by atoms with van der Waals surface area (Å²) >= 11 is 0. The summed E-state index contributed by atoms with van der Waals surface area (Å²) in [5.41, 5.74) is 0.892. The zero-order chi connectivity index (χ0) is 18.9. The van der Waals surface area contributed by atoms with Crippen molar-refractivity contribution in [2.75, 3.05) is 40.9 Å². The Morgan fingerprint density at radius 3 is 2.44 bits per heavy atom. The van der Waals surface area contributed by atoms with Gasteiger partial charge in [-0.25, -0.2) is 9.18 Å². The number of ether oxygens (including phenoxy) is 2. The predicted octanol–water partition coefficient (Wildman–Crippen LogP) is 2.53. The third-order valence-electron chi connectivity index (χ3n) is 4.47. The molecule has 1 fully saturated rings. The van der Waals surface area contributed by atoms with E-state index in [0.29, 0.717) is 25.6 Å². The normalized spacial score (nSPS) is 16.3. The lowest BCUT2D eigenvalue weighted by Crippen LogP contribution is -2.50. The predicted molar refractivity (Wildman–Crippen MR) is 113 cm³/mol. The van der Waals surface area contributed by atoms with Crippen LogP contribution in [0.15, 0.2) is 29.3 Å². The lowest BCUT2D eigenvalue weighted by Gasteiger charge is -2.32. The molecule has 9 heteroatoms. The average molecular weight is 494 g/mol. The molecule has 1 aromatic rings. The summed E-state index contributed by atoms with van der Waals surface area (Å²) in [4.78, 5) is 17.5. The van der Waals surface area contributed by atoms with Gasteiger partial charge in [0, 0.05) is 39.8 Å². The molecule has 1 unspecified atom stereocenters. The van der Waals surface area contributed by atoms with Crippen LogP contribution in [-0.4, -0.2) is 63.9 Å². The first-order valence-electron chi connectivity index (χ1n) is 8.65. The molecule has 1 amide bonds.